The number of primary amides is 1. The number of imide groups is 1. The molecule has 1 aliphatic carbocycles. The second kappa shape index (κ2) is 19.3. The molecule has 3 aliphatic heterocycles. The average molecular weight is 986 g/mol. The first-order chi connectivity index (χ1) is 34.2. The van der Waals surface area contributed by atoms with E-state index >= 15 is 8.78 Å². The van der Waals surface area contributed by atoms with Gasteiger partial charge in [0.2, 0.25) is 17.7 Å². The molecule has 368 valence electrons. The predicted octanol–water partition coefficient (Wildman–Crippen LogP) is 9.04. The van der Waals surface area contributed by atoms with E-state index < -0.39 is 35.1 Å². The number of fused-ring (bicyclic) bond motifs is 2. The van der Waals surface area contributed by atoms with E-state index in [0.29, 0.717) is 31.0 Å². The lowest BCUT2D eigenvalue weighted by molar-refractivity contribution is -0.137. The lowest BCUT2D eigenvalue weighted by Gasteiger charge is -2.38. The molecule has 4 aliphatic rings. The Morgan fingerprint density at radius 2 is 1.65 bits per heavy atom. The number of piperidine rings is 1. The van der Waals surface area contributed by atoms with Crippen molar-refractivity contribution in [3.63, 3.8) is 0 Å². The number of nitrogens with zero attached hydrogens (tertiary/aromatic N) is 4. The summed E-state index contributed by atoms with van der Waals surface area (Å²) in [6.45, 7) is 3.85. The Bertz CT molecular complexity index is 3080. The molecule has 2 atom stereocenters. The first-order valence-electron chi connectivity index (χ1n) is 24.1. The SMILES string of the molecule is COc1ccc(C(N)=O)c(-c2c(Cl)c(F)cc3c2[C@H](C)[C@@](CNC2CCC(C(=O)N4CCC(Nc5cccc(-c6ccc7c(N8CCC(=O)NC8=O)nn(C)c7c6)c5)CC4)CC2)(c2ccccc2)O3)c1F. The maximum atomic E-state index is 16.2. The van der Waals surface area contributed by atoms with Crippen LogP contribution >= 0.6 is 11.6 Å². The van der Waals surface area contributed by atoms with Crippen LogP contribution in [-0.2, 0) is 22.2 Å². The maximum absolute atomic E-state index is 16.2. The summed E-state index contributed by atoms with van der Waals surface area (Å²) in [5.41, 5.74) is 9.39. The van der Waals surface area contributed by atoms with E-state index in [4.69, 9.17) is 26.8 Å². The van der Waals surface area contributed by atoms with Gasteiger partial charge in [0, 0.05) is 97.4 Å². The summed E-state index contributed by atoms with van der Waals surface area (Å²) in [6, 6.07) is 27.6. The van der Waals surface area contributed by atoms with Crippen LogP contribution in [0.2, 0.25) is 5.02 Å². The number of likely N-dealkylation sites (tertiary alicyclic amines) is 1. The average Bonchev–Trinajstić information content (AvgIpc) is 3.85. The molecule has 0 radical (unpaired) electrons. The number of hydrogen-bond donors (Lipinski definition) is 4. The zero-order valence-electron chi connectivity index (χ0n) is 39.7. The van der Waals surface area contributed by atoms with Crippen LogP contribution in [0.3, 0.4) is 0 Å². The Balaban J connectivity index is 0.767. The molecule has 71 heavy (non-hydrogen) atoms. The smallest absolute Gasteiger partial charge is 0.329 e. The normalized spacial score (nSPS) is 21.5. The number of amides is 5. The zero-order chi connectivity index (χ0) is 49.7. The number of anilines is 2. The van der Waals surface area contributed by atoms with Gasteiger partial charge >= 0.3 is 6.03 Å². The Morgan fingerprint density at radius 1 is 0.901 bits per heavy atom. The van der Waals surface area contributed by atoms with Crippen molar-refractivity contribution >= 4 is 57.8 Å². The number of halogens is 3. The summed E-state index contributed by atoms with van der Waals surface area (Å²) in [6.07, 6.45) is 4.86. The van der Waals surface area contributed by atoms with Crippen molar-refractivity contribution in [3.8, 4) is 33.8 Å². The molecule has 5 amide bonds. The number of ether oxygens (including phenoxy) is 2. The molecule has 0 unspecified atom stereocenters. The van der Waals surface area contributed by atoms with E-state index in [1.807, 2.05) is 67.4 Å². The number of nitrogens with two attached hydrogens (primary N) is 1. The van der Waals surface area contributed by atoms with Gasteiger partial charge in [0.1, 0.15) is 11.6 Å². The van der Waals surface area contributed by atoms with Crippen LogP contribution in [0.5, 0.6) is 11.5 Å². The minimum Gasteiger partial charge on any atom is -0.494 e. The van der Waals surface area contributed by atoms with E-state index in [-0.39, 0.29) is 76.0 Å². The minimum absolute atomic E-state index is 0.00941. The second-order valence-electron chi connectivity index (χ2n) is 19.1. The molecule has 0 spiro atoms. The number of aromatic nitrogens is 2. The number of aryl methyl sites for hydroxylation is 1. The van der Waals surface area contributed by atoms with Crippen LogP contribution < -0.4 is 36.1 Å². The van der Waals surface area contributed by atoms with Crippen LogP contribution in [0.1, 0.15) is 79.3 Å². The first kappa shape index (κ1) is 47.6. The maximum Gasteiger partial charge on any atom is 0.329 e. The highest BCUT2D eigenvalue weighted by Crippen LogP contribution is 2.56. The van der Waals surface area contributed by atoms with Crippen molar-refractivity contribution in [2.75, 3.05) is 43.5 Å². The van der Waals surface area contributed by atoms with E-state index in [1.54, 1.807) is 4.68 Å². The fraction of sp³-hybridized carbons (Fsp3) is 0.352. The number of benzene rings is 5. The summed E-state index contributed by atoms with van der Waals surface area (Å²) in [5.74, 6) is -2.78. The molecular formula is C54H55ClF2N8O6. The van der Waals surface area contributed by atoms with Gasteiger partial charge in [0.25, 0.3) is 0 Å². The Labute approximate surface area is 414 Å². The minimum atomic E-state index is -1.08. The van der Waals surface area contributed by atoms with E-state index in [1.165, 1.54) is 30.2 Å². The van der Waals surface area contributed by atoms with Crippen LogP contribution in [0, 0.1) is 17.6 Å². The van der Waals surface area contributed by atoms with Crippen LogP contribution in [-0.4, -0.2) is 83.8 Å². The molecule has 17 heteroatoms. The van der Waals surface area contributed by atoms with Gasteiger partial charge in [-0.15, -0.1) is 0 Å². The van der Waals surface area contributed by atoms with Gasteiger partial charge in [0.15, 0.2) is 23.0 Å². The topological polar surface area (TPSA) is 173 Å². The number of rotatable bonds is 12. The molecule has 4 heterocycles. The summed E-state index contributed by atoms with van der Waals surface area (Å²) in [7, 11) is 3.14. The monoisotopic (exact) mass is 984 g/mol. The van der Waals surface area contributed by atoms with E-state index in [0.717, 1.165) is 71.8 Å². The number of methoxy groups -OCH3 is 1. The van der Waals surface area contributed by atoms with Crippen molar-refractivity contribution in [2.24, 2.45) is 18.7 Å². The summed E-state index contributed by atoms with van der Waals surface area (Å²) < 4.78 is 45.8. The molecule has 1 aromatic heterocycles. The van der Waals surface area contributed by atoms with Crippen LogP contribution in [0.4, 0.5) is 25.1 Å². The molecule has 0 bridgehead atoms. The van der Waals surface area contributed by atoms with Gasteiger partial charge < -0.3 is 30.7 Å². The van der Waals surface area contributed by atoms with Crippen molar-refractivity contribution in [1.82, 2.24) is 25.3 Å². The van der Waals surface area contributed by atoms with Gasteiger partial charge in [-0.1, -0.05) is 67.1 Å². The van der Waals surface area contributed by atoms with Crippen molar-refractivity contribution in [3.05, 3.63) is 124 Å². The zero-order valence-corrected chi connectivity index (χ0v) is 40.5. The molecule has 10 rings (SSSR count). The Kier molecular flexibility index (Phi) is 12.9. The van der Waals surface area contributed by atoms with Crippen molar-refractivity contribution in [1.29, 1.82) is 0 Å². The largest absolute Gasteiger partial charge is 0.494 e. The fourth-order valence-electron chi connectivity index (χ4n) is 11.1. The number of urea groups is 1. The van der Waals surface area contributed by atoms with Gasteiger partial charge in [-0.25, -0.2) is 13.6 Å². The Hall–Kier alpha value is -7.04. The van der Waals surface area contributed by atoms with E-state index in [2.05, 4.69) is 45.3 Å². The van der Waals surface area contributed by atoms with Gasteiger partial charge in [-0.2, -0.15) is 5.10 Å². The molecule has 5 N–H and O–H groups in total. The van der Waals surface area contributed by atoms with Gasteiger partial charge in [-0.3, -0.25) is 29.3 Å². The summed E-state index contributed by atoms with van der Waals surface area (Å²) in [5, 5.41) is 14.9. The van der Waals surface area contributed by atoms with Gasteiger partial charge in [0.05, 0.1) is 23.2 Å². The lowest BCUT2D eigenvalue weighted by atomic mass is 9.77. The molecule has 3 fully saturated rings. The molecule has 1 saturated carbocycles. The first-order valence-corrected chi connectivity index (χ1v) is 24.5. The highest BCUT2D eigenvalue weighted by molar-refractivity contribution is 6.34. The van der Waals surface area contributed by atoms with Gasteiger partial charge in [-0.05, 0) is 91.6 Å². The van der Waals surface area contributed by atoms with Crippen molar-refractivity contribution in [2.45, 2.75) is 75.5 Å². The fourth-order valence-corrected chi connectivity index (χ4v) is 11.4. The standard InChI is InChI=1S/C54H55ClF2N8O6/c1-30-45-43(28-40(56)48(55)47(45)46-39(50(58)67)18-19-42(70-3)49(46)57)71-54(30,34-9-5-4-6-10-34)29-59-35-15-12-31(13-16-35)52(68)64-23-20-36(21-24-64)60-37-11-7-8-32(26-37)33-14-17-38-41(27-33)63(2)62-51(38)65-25-22-44(66)61-53(65)69/h4-11,14,17-19,26-28,30-31,35-36,59-60H,12-13,15-16,20-25,29H2,1-3H3,(H2,58,67)(H,61,66,69)/t30-,31?,35?,54-/m0/s1. The van der Waals surface area contributed by atoms with Crippen molar-refractivity contribution < 1.29 is 37.4 Å². The quantitative estimate of drug-likeness (QED) is 0.0934. The molecule has 14 nitrogen and oxygen atoms in total. The second-order valence-corrected chi connectivity index (χ2v) is 19.5. The summed E-state index contributed by atoms with van der Waals surface area (Å²) >= 11 is 6.70. The number of carbonyl (C=O) groups excluding carboxylic acids is 4. The van der Waals surface area contributed by atoms with Crippen LogP contribution in [0.15, 0.2) is 91.0 Å². The Morgan fingerprint density at radius 3 is 2.37 bits per heavy atom. The molecular weight excluding hydrogens is 930 g/mol. The number of nitrogens with one attached hydrogen (secondary N) is 3. The van der Waals surface area contributed by atoms with Crippen LogP contribution in [0.25, 0.3) is 33.2 Å². The number of carbonyl (C=O) groups is 4. The highest BCUT2D eigenvalue weighted by Gasteiger charge is 2.50. The highest BCUT2D eigenvalue weighted by atomic mass is 35.5. The summed E-state index contributed by atoms with van der Waals surface area (Å²) in [4.78, 5) is 54.5. The number of hydrogen-bond acceptors (Lipinski definition) is 9. The lowest BCUT2D eigenvalue weighted by Crippen LogP contribution is -2.49. The molecule has 2 saturated heterocycles. The van der Waals surface area contributed by atoms with E-state index in [9.17, 15) is 19.2 Å². The third-order valence-corrected chi connectivity index (χ3v) is 15.4. The third kappa shape index (κ3) is 8.81. The third-order valence-electron chi connectivity index (χ3n) is 15.0. The molecule has 6 aromatic rings. The molecule has 5 aromatic carbocycles. The predicted molar refractivity (Wildman–Crippen MR) is 268 cm³/mol.